The van der Waals surface area contributed by atoms with Crippen molar-refractivity contribution < 1.29 is 4.79 Å². The van der Waals surface area contributed by atoms with Crippen LogP contribution in [0.2, 0.25) is 5.02 Å². The van der Waals surface area contributed by atoms with Gasteiger partial charge in [-0.05, 0) is 29.1 Å². The van der Waals surface area contributed by atoms with Gasteiger partial charge in [0.05, 0.1) is 4.88 Å². The number of rotatable bonds is 3. The number of nitrogens with zero attached hydrogens (tertiary/aromatic N) is 1. The zero-order chi connectivity index (χ0) is 14.8. The van der Waals surface area contributed by atoms with Gasteiger partial charge >= 0.3 is 0 Å². The first-order valence-electron chi connectivity index (χ1n) is 6.62. The van der Waals surface area contributed by atoms with Crippen molar-refractivity contribution in [3.63, 3.8) is 0 Å². The largest absolute Gasteiger partial charge is 0.337 e. The van der Waals surface area contributed by atoms with Crippen LogP contribution in [0.3, 0.4) is 0 Å². The van der Waals surface area contributed by atoms with Crippen LogP contribution >= 0.6 is 22.9 Å². The maximum atomic E-state index is 12.5. The maximum Gasteiger partial charge on any atom is 0.264 e. The molecule has 0 saturated carbocycles. The molecule has 2 aromatic carbocycles. The predicted octanol–water partition coefficient (Wildman–Crippen LogP) is 4.83. The van der Waals surface area contributed by atoms with Crippen molar-refractivity contribution in [1.82, 2.24) is 4.90 Å². The summed E-state index contributed by atoms with van der Waals surface area (Å²) in [7, 11) is 1.80. The molecule has 0 N–H and O–H groups in total. The lowest BCUT2D eigenvalue weighted by Crippen LogP contribution is -2.25. The zero-order valence-electron chi connectivity index (χ0n) is 11.5. The van der Waals surface area contributed by atoms with E-state index < -0.39 is 0 Å². The summed E-state index contributed by atoms with van der Waals surface area (Å²) in [5.41, 5.74) is 0.955. The van der Waals surface area contributed by atoms with E-state index in [2.05, 4.69) is 0 Å². The molecule has 2 nitrogen and oxygen atoms in total. The summed E-state index contributed by atoms with van der Waals surface area (Å²) in [5, 5.41) is 1.80. The van der Waals surface area contributed by atoms with E-state index in [9.17, 15) is 4.79 Å². The predicted molar refractivity (Wildman–Crippen MR) is 89.1 cm³/mol. The fourth-order valence-electron chi connectivity index (χ4n) is 2.23. The summed E-state index contributed by atoms with van der Waals surface area (Å²) in [5.74, 6) is 0.0242. The van der Waals surface area contributed by atoms with Gasteiger partial charge in [-0.15, -0.1) is 11.3 Å². The first kappa shape index (κ1) is 14.1. The van der Waals surface area contributed by atoms with Crippen LogP contribution in [0.4, 0.5) is 0 Å². The van der Waals surface area contributed by atoms with Crippen molar-refractivity contribution >= 4 is 38.9 Å². The van der Waals surface area contributed by atoms with Gasteiger partial charge in [0, 0.05) is 23.3 Å². The molecule has 3 rings (SSSR count). The minimum Gasteiger partial charge on any atom is -0.337 e. The maximum absolute atomic E-state index is 12.5. The second-order valence-corrected chi connectivity index (χ2v) is 6.39. The summed E-state index contributed by atoms with van der Waals surface area (Å²) in [6, 6.07) is 17.6. The minimum atomic E-state index is 0.0242. The molecule has 0 unspecified atom stereocenters. The lowest BCUT2D eigenvalue weighted by atomic mass is 10.2. The van der Waals surface area contributed by atoms with E-state index in [4.69, 9.17) is 11.6 Å². The van der Waals surface area contributed by atoms with E-state index in [0.717, 1.165) is 20.5 Å². The molecule has 21 heavy (non-hydrogen) atoms. The Balaban J connectivity index is 1.82. The van der Waals surface area contributed by atoms with Gasteiger partial charge in [-0.25, -0.2) is 0 Å². The van der Waals surface area contributed by atoms with Crippen LogP contribution in [0.5, 0.6) is 0 Å². The van der Waals surface area contributed by atoms with Crippen molar-refractivity contribution in [2.24, 2.45) is 0 Å². The SMILES string of the molecule is CN(Cc1ccccc1Cl)C(=O)c1cc2ccccc2s1. The van der Waals surface area contributed by atoms with E-state index in [1.807, 2.05) is 54.6 Å². The Hall–Kier alpha value is -1.84. The average molecular weight is 316 g/mol. The van der Waals surface area contributed by atoms with Gasteiger partial charge in [0.15, 0.2) is 0 Å². The normalized spacial score (nSPS) is 10.8. The quantitative estimate of drug-likeness (QED) is 0.678. The third kappa shape index (κ3) is 2.94. The van der Waals surface area contributed by atoms with Crippen LogP contribution in [0.25, 0.3) is 10.1 Å². The van der Waals surface area contributed by atoms with E-state index >= 15 is 0 Å². The molecule has 0 aliphatic rings. The van der Waals surface area contributed by atoms with Crippen LogP contribution < -0.4 is 0 Å². The molecule has 0 aliphatic carbocycles. The first-order chi connectivity index (χ1) is 10.1. The molecule has 0 bridgehead atoms. The molecule has 0 fully saturated rings. The molecular formula is C17H14ClNOS. The van der Waals surface area contributed by atoms with E-state index in [1.165, 1.54) is 11.3 Å². The summed E-state index contributed by atoms with van der Waals surface area (Å²) in [4.78, 5) is 15.0. The van der Waals surface area contributed by atoms with Gasteiger partial charge in [-0.1, -0.05) is 48.0 Å². The van der Waals surface area contributed by atoms with Crippen molar-refractivity contribution in [2.75, 3.05) is 7.05 Å². The Labute approximate surface area is 132 Å². The van der Waals surface area contributed by atoms with Crippen molar-refractivity contribution in [2.45, 2.75) is 6.54 Å². The summed E-state index contributed by atoms with van der Waals surface area (Å²) < 4.78 is 1.13. The molecule has 0 saturated heterocycles. The second kappa shape index (κ2) is 5.88. The number of fused-ring (bicyclic) bond motifs is 1. The van der Waals surface area contributed by atoms with Crippen LogP contribution in [-0.4, -0.2) is 17.9 Å². The molecule has 0 radical (unpaired) electrons. The standard InChI is InChI=1S/C17H14ClNOS/c1-19(11-13-7-2-4-8-14(13)18)17(20)16-10-12-6-3-5-9-15(12)21-16/h2-10H,11H2,1H3. The minimum absolute atomic E-state index is 0.0242. The van der Waals surface area contributed by atoms with Gasteiger partial charge in [-0.2, -0.15) is 0 Å². The van der Waals surface area contributed by atoms with E-state index in [1.54, 1.807) is 11.9 Å². The first-order valence-corrected chi connectivity index (χ1v) is 7.82. The van der Waals surface area contributed by atoms with Crippen molar-refractivity contribution in [1.29, 1.82) is 0 Å². The Morgan fingerprint density at radius 3 is 2.62 bits per heavy atom. The second-order valence-electron chi connectivity index (χ2n) is 4.90. The number of thiophene rings is 1. The molecule has 4 heteroatoms. The molecular weight excluding hydrogens is 302 g/mol. The lowest BCUT2D eigenvalue weighted by Gasteiger charge is -2.17. The van der Waals surface area contributed by atoms with Crippen LogP contribution in [-0.2, 0) is 6.54 Å². The molecule has 1 heterocycles. The zero-order valence-corrected chi connectivity index (χ0v) is 13.1. The molecule has 0 aliphatic heterocycles. The molecule has 0 spiro atoms. The molecule has 3 aromatic rings. The highest BCUT2D eigenvalue weighted by molar-refractivity contribution is 7.20. The van der Waals surface area contributed by atoms with Gasteiger partial charge in [0.25, 0.3) is 5.91 Å². The number of benzene rings is 2. The molecule has 1 amide bonds. The summed E-state index contributed by atoms with van der Waals surface area (Å²) >= 11 is 7.67. The Morgan fingerprint density at radius 1 is 1.14 bits per heavy atom. The summed E-state index contributed by atoms with van der Waals surface area (Å²) in [6.07, 6.45) is 0. The lowest BCUT2D eigenvalue weighted by molar-refractivity contribution is 0.0790. The highest BCUT2D eigenvalue weighted by Crippen LogP contribution is 2.26. The average Bonchev–Trinajstić information content (AvgIpc) is 2.92. The number of carbonyl (C=O) groups is 1. The highest BCUT2D eigenvalue weighted by atomic mass is 35.5. The smallest absolute Gasteiger partial charge is 0.264 e. The van der Waals surface area contributed by atoms with Gasteiger partial charge < -0.3 is 4.90 Å². The van der Waals surface area contributed by atoms with Gasteiger partial charge in [-0.3, -0.25) is 4.79 Å². The van der Waals surface area contributed by atoms with Crippen LogP contribution in [0, 0.1) is 0 Å². The van der Waals surface area contributed by atoms with Crippen molar-refractivity contribution in [3.05, 3.63) is 70.1 Å². The third-order valence-electron chi connectivity index (χ3n) is 3.35. The van der Waals surface area contributed by atoms with Crippen molar-refractivity contribution in [3.8, 4) is 0 Å². The number of hydrogen-bond donors (Lipinski definition) is 0. The number of hydrogen-bond acceptors (Lipinski definition) is 2. The fraction of sp³-hybridized carbons (Fsp3) is 0.118. The van der Waals surface area contributed by atoms with E-state index in [-0.39, 0.29) is 5.91 Å². The third-order valence-corrected chi connectivity index (χ3v) is 4.82. The Bertz CT molecular complexity index is 763. The van der Waals surface area contributed by atoms with E-state index in [0.29, 0.717) is 11.6 Å². The van der Waals surface area contributed by atoms with Gasteiger partial charge in [0.1, 0.15) is 0 Å². The van der Waals surface area contributed by atoms with Crippen LogP contribution in [0.15, 0.2) is 54.6 Å². The topological polar surface area (TPSA) is 20.3 Å². The molecule has 1 aromatic heterocycles. The fourth-order valence-corrected chi connectivity index (χ4v) is 3.48. The molecule has 106 valence electrons. The monoisotopic (exact) mass is 315 g/mol. The molecule has 0 atom stereocenters. The number of amides is 1. The summed E-state index contributed by atoms with van der Waals surface area (Å²) in [6.45, 7) is 0.507. The number of halogens is 1. The van der Waals surface area contributed by atoms with Gasteiger partial charge in [0.2, 0.25) is 0 Å². The Kier molecular flexibility index (Phi) is 3.95. The Morgan fingerprint density at radius 2 is 1.86 bits per heavy atom. The number of carbonyl (C=O) groups excluding carboxylic acids is 1. The highest BCUT2D eigenvalue weighted by Gasteiger charge is 2.15. The van der Waals surface area contributed by atoms with Crippen LogP contribution in [0.1, 0.15) is 15.2 Å².